The zero-order valence-corrected chi connectivity index (χ0v) is 9.13. The van der Waals surface area contributed by atoms with Gasteiger partial charge in [-0.2, -0.15) is 0 Å². The SMILES string of the molecule is O=C(CC1CCC1)Nc1cccc(Cl)n1. The van der Waals surface area contributed by atoms with Crippen LogP contribution in [0.25, 0.3) is 0 Å². The van der Waals surface area contributed by atoms with E-state index in [0.717, 1.165) is 0 Å². The van der Waals surface area contributed by atoms with Crippen molar-refractivity contribution in [2.24, 2.45) is 5.92 Å². The number of anilines is 1. The Morgan fingerprint density at radius 2 is 2.33 bits per heavy atom. The van der Waals surface area contributed by atoms with E-state index in [1.807, 2.05) is 0 Å². The lowest BCUT2D eigenvalue weighted by Gasteiger charge is -2.24. The van der Waals surface area contributed by atoms with Crippen LogP contribution < -0.4 is 5.32 Å². The smallest absolute Gasteiger partial charge is 0.225 e. The molecule has 0 unspecified atom stereocenters. The third-order valence-corrected chi connectivity index (χ3v) is 2.89. The minimum Gasteiger partial charge on any atom is -0.311 e. The van der Waals surface area contributed by atoms with Crippen molar-refractivity contribution in [3.05, 3.63) is 23.4 Å². The number of amides is 1. The van der Waals surface area contributed by atoms with Gasteiger partial charge in [-0.15, -0.1) is 0 Å². The van der Waals surface area contributed by atoms with E-state index in [4.69, 9.17) is 11.6 Å². The average Bonchev–Trinajstić information content (AvgIpc) is 2.11. The number of hydrogen-bond donors (Lipinski definition) is 1. The molecular weight excluding hydrogens is 212 g/mol. The quantitative estimate of drug-likeness (QED) is 0.803. The molecule has 0 radical (unpaired) electrons. The number of nitrogens with one attached hydrogen (secondary N) is 1. The molecule has 80 valence electrons. The fourth-order valence-corrected chi connectivity index (χ4v) is 1.79. The van der Waals surface area contributed by atoms with Crippen molar-refractivity contribution in [3.8, 4) is 0 Å². The van der Waals surface area contributed by atoms with Crippen LogP contribution in [-0.4, -0.2) is 10.9 Å². The lowest BCUT2D eigenvalue weighted by molar-refractivity contribution is -0.117. The maximum absolute atomic E-state index is 11.5. The fraction of sp³-hybridized carbons (Fsp3) is 0.455. The monoisotopic (exact) mass is 224 g/mol. The van der Waals surface area contributed by atoms with Gasteiger partial charge in [0.25, 0.3) is 0 Å². The van der Waals surface area contributed by atoms with E-state index >= 15 is 0 Å². The van der Waals surface area contributed by atoms with Gasteiger partial charge >= 0.3 is 0 Å². The summed E-state index contributed by atoms with van der Waals surface area (Å²) in [6.07, 6.45) is 4.22. The number of rotatable bonds is 3. The van der Waals surface area contributed by atoms with Gasteiger partial charge in [-0.25, -0.2) is 4.98 Å². The number of halogens is 1. The van der Waals surface area contributed by atoms with Crippen molar-refractivity contribution in [1.82, 2.24) is 4.98 Å². The highest BCUT2D eigenvalue weighted by atomic mass is 35.5. The minimum absolute atomic E-state index is 0.0365. The molecule has 1 heterocycles. The van der Waals surface area contributed by atoms with Crippen molar-refractivity contribution in [2.45, 2.75) is 25.7 Å². The van der Waals surface area contributed by atoms with E-state index in [9.17, 15) is 4.79 Å². The summed E-state index contributed by atoms with van der Waals surface area (Å²) in [6.45, 7) is 0. The third-order valence-electron chi connectivity index (χ3n) is 2.68. The Labute approximate surface area is 93.8 Å². The molecule has 2 rings (SSSR count). The first-order chi connectivity index (χ1) is 7.24. The second kappa shape index (κ2) is 4.62. The molecule has 1 aliphatic carbocycles. The molecule has 15 heavy (non-hydrogen) atoms. The van der Waals surface area contributed by atoms with Crippen LogP contribution in [0.4, 0.5) is 5.82 Å². The molecule has 4 heteroatoms. The first-order valence-electron chi connectivity index (χ1n) is 5.16. The topological polar surface area (TPSA) is 42.0 Å². The minimum atomic E-state index is 0.0365. The number of aromatic nitrogens is 1. The van der Waals surface area contributed by atoms with E-state index in [1.165, 1.54) is 19.3 Å². The standard InChI is InChI=1S/C11H13ClN2O/c12-9-5-2-6-10(13-9)14-11(15)7-8-3-1-4-8/h2,5-6,8H,1,3-4,7H2,(H,13,14,15). The normalized spacial score (nSPS) is 15.8. The van der Waals surface area contributed by atoms with Crippen molar-refractivity contribution >= 4 is 23.3 Å². The summed E-state index contributed by atoms with van der Waals surface area (Å²) in [7, 11) is 0. The summed E-state index contributed by atoms with van der Waals surface area (Å²) in [6, 6.07) is 5.20. The van der Waals surface area contributed by atoms with Gasteiger partial charge in [-0.3, -0.25) is 4.79 Å². The first kappa shape index (κ1) is 10.4. The Morgan fingerprint density at radius 3 is 2.93 bits per heavy atom. The first-order valence-corrected chi connectivity index (χ1v) is 5.54. The molecule has 0 atom stereocenters. The second-order valence-electron chi connectivity index (χ2n) is 3.89. The van der Waals surface area contributed by atoms with Crippen LogP contribution in [0.3, 0.4) is 0 Å². The number of carbonyl (C=O) groups excluding carboxylic acids is 1. The van der Waals surface area contributed by atoms with Crippen molar-refractivity contribution in [1.29, 1.82) is 0 Å². The van der Waals surface area contributed by atoms with Crippen LogP contribution in [-0.2, 0) is 4.79 Å². The van der Waals surface area contributed by atoms with Crippen LogP contribution in [0.5, 0.6) is 0 Å². The van der Waals surface area contributed by atoms with Crippen LogP contribution in [0.2, 0.25) is 5.15 Å². The van der Waals surface area contributed by atoms with E-state index in [1.54, 1.807) is 18.2 Å². The maximum Gasteiger partial charge on any atom is 0.225 e. The van der Waals surface area contributed by atoms with Gasteiger partial charge < -0.3 is 5.32 Å². The van der Waals surface area contributed by atoms with Gasteiger partial charge in [0.15, 0.2) is 0 Å². The molecule has 0 aromatic carbocycles. The van der Waals surface area contributed by atoms with Crippen molar-refractivity contribution < 1.29 is 4.79 Å². The summed E-state index contributed by atoms with van der Waals surface area (Å²) in [4.78, 5) is 15.5. The molecule has 1 fully saturated rings. The Bertz CT molecular complexity index is 363. The van der Waals surface area contributed by atoms with Gasteiger partial charge in [0, 0.05) is 6.42 Å². The maximum atomic E-state index is 11.5. The molecule has 0 saturated heterocycles. The van der Waals surface area contributed by atoms with E-state index in [0.29, 0.717) is 23.3 Å². The highest BCUT2D eigenvalue weighted by Crippen LogP contribution is 2.29. The Balaban J connectivity index is 1.87. The van der Waals surface area contributed by atoms with E-state index < -0.39 is 0 Å². The van der Waals surface area contributed by atoms with Gasteiger partial charge in [0.1, 0.15) is 11.0 Å². The highest BCUT2D eigenvalue weighted by Gasteiger charge is 2.20. The highest BCUT2D eigenvalue weighted by molar-refractivity contribution is 6.29. The van der Waals surface area contributed by atoms with Crippen molar-refractivity contribution in [2.75, 3.05) is 5.32 Å². The average molecular weight is 225 g/mol. The third kappa shape index (κ3) is 2.93. The number of pyridine rings is 1. The summed E-state index contributed by atoms with van der Waals surface area (Å²) in [5.41, 5.74) is 0. The van der Waals surface area contributed by atoms with Gasteiger partial charge in [-0.05, 0) is 30.9 Å². The summed E-state index contributed by atoms with van der Waals surface area (Å²) in [5.74, 6) is 1.14. The molecule has 1 amide bonds. The van der Waals surface area contributed by atoms with Crippen LogP contribution >= 0.6 is 11.6 Å². The van der Waals surface area contributed by atoms with Gasteiger partial charge in [-0.1, -0.05) is 24.1 Å². The lowest BCUT2D eigenvalue weighted by atomic mass is 9.83. The fourth-order valence-electron chi connectivity index (χ4n) is 1.63. The van der Waals surface area contributed by atoms with E-state index in [2.05, 4.69) is 10.3 Å². The van der Waals surface area contributed by atoms with E-state index in [-0.39, 0.29) is 5.91 Å². The van der Waals surface area contributed by atoms with Crippen LogP contribution in [0, 0.1) is 5.92 Å². The molecule has 1 N–H and O–H groups in total. The van der Waals surface area contributed by atoms with Crippen molar-refractivity contribution in [3.63, 3.8) is 0 Å². The summed E-state index contributed by atoms with van der Waals surface area (Å²) in [5, 5.41) is 3.15. The molecule has 1 aromatic rings. The summed E-state index contributed by atoms with van der Waals surface area (Å²) < 4.78 is 0. The Kier molecular flexibility index (Phi) is 3.21. The molecule has 0 bridgehead atoms. The number of carbonyl (C=O) groups is 1. The summed E-state index contributed by atoms with van der Waals surface area (Å²) >= 11 is 5.71. The van der Waals surface area contributed by atoms with Gasteiger partial charge in [0.05, 0.1) is 0 Å². The zero-order valence-electron chi connectivity index (χ0n) is 8.37. The molecule has 3 nitrogen and oxygen atoms in total. The Morgan fingerprint density at radius 1 is 1.53 bits per heavy atom. The molecule has 0 aliphatic heterocycles. The largest absolute Gasteiger partial charge is 0.311 e. The lowest BCUT2D eigenvalue weighted by Crippen LogP contribution is -2.21. The van der Waals surface area contributed by atoms with Crippen LogP contribution in [0.15, 0.2) is 18.2 Å². The molecule has 1 saturated carbocycles. The zero-order chi connectivity index (χ0) is 10.7. The second-order valence-corrected chi connectivity index (χ2v) is 4.28. The predicted molar refractivity (Wildman–Crippen MR) is 59.8 cm³/mol. The molecule has 1 aromatic heterocycles. The van der Waals surface area contributed by atoms with Gasteiger partial charge in [0.2, 0.25) is 5.91 Å². The number of nitrogens with zero attached hydrogens (tertiary/aromatic N) is 1. The van der Waals surface area contributed by atoms with Crippen LogP contribution in [0.1, 0.15) is 25.7 Å². The predicted octanol–water partition coefficient (Wildman–Crippen LogP) is 2.86. The molecule has 1 aliphatic rings. The number of hydrogen-bond acceptors (Lipinski definition) is 2. The molecular formula is C11H13ClN2O. The Hall–Kier alpha value is -1.09. The molecule has 0 spiro atoms.